The fraction of sp³-hybridized carbons (Fsp3) is 0.0500. The predicted molar refractivity (Wildman–Crippen MR) is 101 cm³/mol. The first-order valence-electron chi connectivity index (χ1n) is 7.80. The Morgan fingerprint density at radius 1 is 0.962 bits per heavy atom. The third-order valence-electron chi connectivity index (χ3n) is 3.87. The molecule has 4 rings (SSSR count). The Labute approximate surface area is 158 Å². The summed E-state index contributed by atoms with van der Waals surface area (Å²) in [7, 11) is 0. The molecule has 4 nitrogen and oxygen atoms in total. The van der Waals surface area contributed by atoms with Gasteiger partial charge in [0, 0.05) is 0 Å². The maximum absolute atomic E-state index is 12.9. The van der Waals surface area contributed by atoms with Crippen molar-refractivity contribution in [3.05, 3.63) is 86.7 Å². The van der Waals surface area contributed by atoms with Gasteiger partial charge in [-0.15, -0.1) is 0 Å². The highest BCUT2D eigenvalue weighted by Crippen LogP contribution is 2.32. The predicted octanol–water partition coefficient (Wildman–Crippen LogP) is 5.94. The molecular weight excluding hydrogens is 375 g/mol. The summed E-state index contributed by atoms with van der Waals surface area (Å²) in [4.78, 5) is 12.9. The quantitative estimate of drug-likeness (QED) is 0.435. The molecule has 0 radical (unpaired) electrons. The van der Waals surface area contributed by atoms with E-state index in [1.54, 1.807) is 54.6 Å². The lowest BCUT2D eigenvalue weighted by atomic mass is 10.2. The minimum atomic E-state index is -0.265. The van der Waals surface area contributed by atoms with Gasteiger partial charge in [0.2, 0.25) is 16.9 Å². The van der Waals surface area contributed by atoms with Crippen LogP contribution >= 0.6 is 23.2 Å². The number of benzene rings is 2. The average Bonchev–Trinajstić information content (AvgIpc) is 3.18. The van der Waals surface area contributed by atoms with Gasteiger partial charge in [0.05, 0.1) is 21.7 Å². The molecule has 0 aliphatic rings. The van der Waals surface area contributed by atoms with Crippen LogP contribution in [0.5, 0.6) is 5.75 Å². The molecule has 0 fully saturated rings. The van der Waals surface area contributed by atoms with Crippen molar-refractivity contribution in [2.75, 3.05) is 0 Å². The summed E-state index contributed by atoms with van der Waals surface area (Å²) in [5.41, 5.74) is 0.974. The van der Waals surface area contributed by atoms with Crippen molar-refractivity contribution in [3.63, 3.8) is 0 Å². The SMILES string of the molecule is O=c1c(OCc2ccc(Cl)c(Cl)c2)c(-c2ccco2)oc2ccccc12. The second-order valence-electron chi connectivity index (χ2n) is 5.60. The van der Waals surface area contributed by atoms with Crippen molar-refractivity contribution < 1.29 is 13.6 Å². The average molecular weight is 387 g/mol. The highest BCUT2D eigenvalue weighted by Gasteiger charge is 2.19. The Bertz CT molecular complexity index is 1130. The van der Waals surface area contributed by atoms with E-state index in [2.05, 4.69) is 0 Å². The fourth-order valence-electron chi connectivity index (χ4n) is 2.61. The fourth-order valence-corrected chi connectivity index (χ4v) is 2.93. The highest BCUT2D eigenvalue weighted by atomic mass is 35.5. The van der Waals surface area contributed by atoms with Gasteiger partial charge in [0.15, 0.2) is 5.76 Å². The molecule has 0 atom stereocenters. The zero-order valence-corrected chi connectivity index (χ0v) is 14.9. The third-order valence-corrected chi connectivity index (χ3v) is 4.61. The van der Waals surface area contributed by atoms with Crippen LogP contribution in [0.2, 0.25) is 10.0 Å². The van der Waals surface area contributed by atoms with E-state index >= 15 is 0 Å². The van der Waals surface area contributed by atoms with Crippen LogP contribution in [0.3, 0.4) is 0 Å². The Balaban J connectivity index is 1.79. The molecule has 0 spiro atoms. The molecule has 2 aromatic carbocycles. The van der Waals surface area contributed by atoms with Crippen LogP contribution in [0.1, 0.15) is 5.56 Å². The van der Waals surface area contributed by atoms with Crippen LogP contribution in [-0.4, -0.2) is 0 Å². The Morgan fingerprint density at radius 2 is 1.81 bits per heavy atom. The third kappa shape index (κ3) is 3.09. The van der Waals surface area contributed by atoms with Crippen LogP contribution < -0.4 is 10.2 Å². The van der Waals surface area contributed by atoms with Crippen molar-refractivity contribution in [1.82, 2.24) is 0 Å². The van der Waals surface area contributed by atoms with Crippen LogP contribution in [0, 0.1) is 0 Å². The van der Waals surface area contributed by atoms with Crippen molar-refractivity contribution in [2.45, 2.75) is 6.61 Å². The second-order valence-corrected chi connectivity index (χ2v) is 6.41. The number of rotatable bonds is 4. The minimum Gasteiger partial charge on any atom is -0.481 e. The molecule has 0 amide bonds. The van der Waals surface area contributed by atoms with Gasteiger partial charge in [-0.05, 0) is 42.0 Å². The molecule has 0 aliphatic carbocycles. The van der Waals surface area contributed by atoms with Crippen molar-refractivity contribution in [2.24, 2.45) is 0 Å². The van der Waals surface area contributed by atoms with Crippen LogP contribution in [0.4, 0.5) is 0 Å². The first-order chi connectivity index (χ1) is 12.6. The lowest BCUT2D eigenvalue weighted by Crippen LogP contribution is -2.10. The molecule has 0 unspecified atom stereocenters. The summed E-state index contributed by atoms with van der Waals surface area (Å²) < 4.78 is 17.1. The van der Waals surface area contributed by atoms with Gasteiger partial charge in [0.1, 0.15) is 12.2 Å². The zero-order chi connectivity index (χ0) is 18.1. The number of halogens is 2. The van der Waals surface area contributed by atoms with Crippen molar-refractivity contribution in [1.29, 1.82) is 0 Å². The van der Waals surface area contributed by atoms with Crippen molar-refractivity contribution in [3.8, 4) is 17.3 Å². The number of furan rings is 1. The van der Waals surface area contributed by atoms with E-state index in [0.29, 0.717) is 26.8 Å². The van der Waals surface area contributed by atoms with Gasteiger partial charge in [-0.25, -0.2) is 0 Å². The van der Waals surface area contributed by atoms with Gasteiger partial charge >= 0.3 is 0 Å². The molecule has 0 bridgehead atoms. The van der Waals surface area contributed by atoms with E-state index in [9.17, 15) is 4.79 Å². The molecule has 26 heavy (non-hydrogen) atoms. The number of ether oxygens (including phenoxy) is 1. The number of hydrogen-bond acceptors (Lipinski definition) is 4. The molecule has 0 saturated carbocycles. The molecule has 2 heterocycles. The summed E-state index contributed by atoms with van der Waals surface area (Å²) in [5.74, 6) is 0.750. The lowest BCUT2D eigenvalue weighted by Gasteiger charge is -2.10. The van der Waals surface area contributed by atoms with Crippen LogP contribution in [0.15, 0.2) is 74.5 Å². The van der Waals surface area contributed by atoms with Gasteiger partial charge in [-0.2, -0.15) is 0 Å². The standard InChI is InChI=1S/C20H12Cl2O4/c21-14-8-7-12(10-15(14)22)11-25-20-18(23)13-4-1-2-5-16(13)26-19(20)17-6-3-9-24-17/h1-10H,11H2. The Kier molecular flexibility index (Phi) is 4.45. The second kappa shape index (κ2) is 6.90. The number of para-hydroxylation sites is 1. The van der Waals surface area contributed by atoms with Gasteiger partial charge in [-0.1, -0.05) is 41.4 Å². The summed E-state index contributed by atoms with van der Waals surface area (Å²) in [6, 6.07) is 15.6. The van der Waals surface area contributed by atoms with Gasteiger partial charge < -0.3 is 13.6 Å². The molecule has 0 aliphatic heterocycles. The van der Waals surface area contributed by atoms with Crippen molar-refractivity contribution >= 4 is 34.2 Å². The van der Waals surface area contributed by atoms with Crippen LogP contribution in [-0.2, 0) is 6.61 Å². The summed E-state index contributed by atoms with van der Waals surface area (Å²) in [5, 5.41) is 1.31. The summed E-state index contributed by atoms with van der Waals surface area (Å²) in [6.07, 6.45) is 1.51. The topological polar surface area (TPSA) is 52.6 Å². The Morgan fingerprint density at radius 3 is 2.58 bits per heavy atom. The largest absolute Gasteiger partial charge is 0.481 e. The van der Waals surface area contributed by atoms with E-state index in [0.717, 1.165) is 5.56 Å². The summed E-state index contributed by atoms with van der Waals surface area (Å²) in [6.45, 7) is 0.133. The number of hydrogen-bond donors (Lipinski definition) is 0. The maximum atomic E-state index is 12.9. The molecule has 0 saturated heterocycles. The van der Waals surface area contributed by atoms with E-state index in [1.165, 1.54) is 6.26 Å². The highest BCUT2D eigenvalue weighted by molar-refractivity contribution is 6.42. The first-order valence-corrected chi connectivity index (χ1v) is 8.55. The molecule has 0 N–H and O–H groups in total. The van der Waals surface area contributed by atoms with E-state index in [1.807, 2.05) is 0 Å². The molecule has 4 aromatic rings. The molecule has 6 heteroatoms. The van der Waals surface area contributed by atoms with Gasteiger partial charge in [0.25, 0.3) is 0 Å². The molecular formula is C20H12Cl2O4. The van der Waals surface area contributed by atoms with E-state index in [4.69, 9.17) is 36.8 Å². The van der Waals surface area contributed by atoms with Gasteiger partial charge in [-0.3, -0.25) is 4.79 Å². The van der Waals surface area contributed by atoms with Crippen LogP contribution in [0.25, 0.3) is 22.5 Å². The first kappa shape index (κ1) is 16.8. The zero-order valence-electron chi connectivity index (χ0n) is 13.4. The number of fused-ring (bicyclic) bond motifs is 1. The molecule has 2 aromatic heterocycles. The molecule has 130 valence electrons. The maximum Gasteiger partial charge on any atom is 0.235 e. The normalized spacial score (nSPS) is 11.0. The smallest absolute Gasteiger partial charge is 0.235 e. The monoisotopic (exact) mass is 386 g/mol. The van der Waals surface area contributed by atoms with E-state index < -0.39 is 0 Å². The lowest BCUT2D eigenvalue weighted by molar-refractivity contribution is 0.296. The minimum absolute atomic E-state index is 0.0877. The van der Waals surface area contributed by atoms with E-state index in [-0.39, 0.29) is 23.5 Å². The Hall–Kier alpha value is -2.69. The summed E-state index contributed by atoms with van der Waals surface area (Å²) >= 11 is 12.0.